The minimum Gasteiger partial charge on any atom is -0.611 e. The number of hydrogen-bond acceptors (Lipinski definition) is 6. The first-order chi connectivity index (χ1) is 16.8. The minimum atomic E-state index is -5.10. The Kier molecular flexibility index (Phi) is 8.23. The molecular formula is C21H18F7N5O2S. The van der Waals surface area contributed by atoms with Crippen LogP contribution >= 0.6 is 0 Å². The number of carbonyl (C=O) groups is 1. The number of aromatic nitrogens is 2. The van der Waals surface area contributed by atoms with Crippen LogP contribution < -0.4 is 10.6 Å². The van der Waals surface area contributed by atoms with E-state index in [2.05, 4.69) is 20.6 Å². The first-order valence-corrected chi connectivity index (χ1v) is 11.4. The lowest BCUT2D eigenvalue weighted by atomic mass is 9.92. The molecular weight excluding hydrogens is 519 g/mol. The van der Waals surface area contributed by atoms with Gasteiger partial charge in [-0.3, -0.25) is 10.2 Å². The van der Waals surface area contributed by atoms with Crippen LogP contribution in [0.1, 0.15) is 25.1 Å². The lowest BCUT2D eigenvalue weighted by molar-refractivity contribution is -0.145. The van der Waals surface area contributed by atoms with Gasteiger partial charge in [0.05, 0.1) is 30.5 Å². The fraction of sp³-hybridized carbons (Fsp3) is 0.333. The molecule has 3 N–H and O–H groups in total. The van der Waals surface area contributed by atoms with Gasteiger partial charge >= 0.3 is 12.4 Å². The van der Waals surface area contributed by atoms with Crippen molar-refractivity contribution in [3.63, 3.8) is 0 Å². The van der Waals surface area contributed by atoms with Crippen LogP contribution in [-0.4, -0.2) is 43.6 Å². The van der Waals surface area contributed by atoms with Crippen molar-refractivity contribution in [2.75, 3.05) is 5.32 Å². The van der Waals surface area contributed by atoms with Crippen LogP contribution in [0.25, 0.3) is 0 Å². The van der Waals surface area contributed by atoms with Gasteiger partial charge in [-0.05, 0) is 48.3 Å². The predicted molar refractivity (Wildman–Crippen MR) is 115 cm³/mol. The maximum absolute atomic E-state index is 13.1. The van der Waals surface area contributed by atoms with Crippen LogP contribution in [-0.2, 0) is 22.1 Å². The van der Waals surface area contributed by atoms with E-state index in [1.165, 1.54) is 12.1 Å². The van der Waals surface area contributed by atoms with Crippen LogP contribution in [0.15, 0.2) is 53.3 Å². The molecule has 1 saturated carbocycles. The van der Waals surface area contributed by atoms with E-state index in [9.17, 15) is 40.1 Å². The van der Waals surface area contributed by atoms with Crippen molar-refractivity contribution in [1.29, 1.82) is 5.41 Å². The van der Waals surface area contributed by atoms with Gasteiger partial charge in [-0.1, -0.05) is 0 Å². The smallest absolute Gasteiger partial charge is 0.451 e. The summed E-state index contributed by atoms with van der Waals surface area (Å²) in [7, 11) is 0. The van der Waals surface area contributed by atoms with Gasteiger partial charge in [0, 0.05) is 11.8 Å². The lowest BCUT2D eigenvalue weighted by Crippen LogP contribution is -2.53. The van der Waals surface area contributed by atoms with E-state index >= 15 is 0 Å². The number of alkyl halides is 6. The molecule has 36 heavy (non-hydrogen) atoms. The molecule has 7 nitrogen and oxygen atoms in total. The van der Waals surface area contributed by atoms with Gasteiger partial charge in [0.25, 0.3) is 0 Å². The standard InChI is InChI=1S/C21H18F7N5O2S/c22-12-1-3-14(4-2-12)36(35)16-6-5-15(16)33-17(34)7-11(18(29)20(23,24)25)8-30-13-9-31-19(32-10-13)21(26,27)28/h1-4,8-10,15-16,29-30H,5-7H2,(H,33,34)/b11-8-,29-18?. The normalized spacial score (nSPS) is 19.3. The summed E-state index contributed by atoms with van der Waals surface area (Å²) in [6, 6.07) is 4.33. The highest BCUT2D eigenvalue weighted by Crippen LogP contribution is 2.32. The van der Waals surface area contributed by atoms with Gasteiger partial charge in [0.1, 0.15) is 16.8 Å². The zero-order valence-electron chi connectivity index (χ0n) is 18.1. The Morgan fingerprint density at radius 1 is 1.11 bits per heavy atom. The van der Waals surface area contributed by atoms with Gasteiger partial charge in [-0.25, -0.2) is 14.4 Å². The molecule has 1 heterocycles. The second kappa shape index (κ2) is 10.8. The van der Waals surface area contributed by atoms with E-state index < -0.39 is 70.1 Å². The summed E-state index contributed by atoms with van der Waals surface area (Å²) < 4.78 is 103. The first-order valence-electron chi connectivity index (χ1n) is 10.2. The molecule has 0 saturated heterocycles. The predicted octanol–water partition coefficient (Wildman–Crippen LogP) is 4.36. The molecule has 1 fully saturated rings. The molecule has 0 aliphatic heterocycles. The first kappa shape index (κ1) is 27.4. The van der Waals surface area contributed by atoms with E-state index in [1.54, 1.807) is 0 Å². The number of nitrogens with one attached hydrogen (secondary N) is 3. The van der Waals surface area contributed by atoms with Crippen molar-refractivity contribution in [1.82, 2.24) is 15.3 Å². The van der Waals surface area contributed by atoms with E-state index in [-0.39, 0.29) is 5.69 Å². The summed E-state index contributed by atoms with van der Waals surface area (Å²) in [4.78, 5) is 18.9. The molecule has 0 spiro atoms. The number of hydrogen-bond donors (Lipinski definition) is 3. The number of anilines is 1. The molecule has 3 rings (SSSR count). The van der Waals surface area contributed by atoms with Gasteiger partial charge in [-0.15, -0.1) is 0 Å². The molecule has 15 heteroatoms. The van der Waals surface area contributed by atoms with Crippen LogP contribution in [0, 0.1) is 11.2 Å². The molecule has 1 aromatic heterocycles. The largest absolute Gasteiger partial charge is 0.611 e. The number of carbonyl (C=O) groups excluding carboxylic acids is 1. The number of rotatable bonds is 8. The summed E-state index contributed by atoms with van der Waals surface area (Å²) >= 11 is -1.59. The van der Waals surface area contributed by atoms with Crippen molar-refractivity contribution in [2.24, 2.45) is 0 Å². The van der Waals surface area contributed by atoms with Crippen molar-refractivity contribution in [3.8, 4) is 0 Å². The molecule has 1 aromatic carbocycles. The second-order valence-corrected chi connectivity index (χ2v) is 9.37. The molecule has 1 amide bonds. The van der Waals surface area contributed by atoms with Crippen molar-refractivity contribution in [3.05, 3.63) is 60.1 Å². The zero-order chi connectivity index (χ0) is 26.7. The number of benzene rings is 1. The number of halogens is 7. The summed E-state index contributed by atoms with van der Waals surface area (Å²) in [6.45, 7) is 0. The van der Waals surface area contributed by atoms with Crippen molar-refractivity contribution < 1.29 is 40.1 Å². The Hall–Kier alpha value is -3.20. The topological polar surface area (TPSA) is 114 Å². The highest BCUT2D eigenvalue weighted by atomic mass is 32.2. The van der Waals surface area contributed by atoms with Crippen LogP contribution in [0.4, 0.5) is 36.4 Å². The monoisotopic (exact) mass is 537 g/mol. The Morgan fingerprint density at radius 2 is 1.72 bits per heavy atom. The molecule has 1 aliphatic rings. The molecule has 3 atom stereocenters. The van der Waals surface area contributed by atoms with E-state index in [0.717, 1.165) is 12.1 Å². The highest BCUT2D eigenvalue weighted by molar-refractivity contribution is 7.92. The fourth-order valence-electron chi connectivity index (χ4n) is 3.18. The molecule has 0 bridgehead atoms. The summed E-state index contributed by atoms with van der Waals surface area (Å²) in [5.74, 6) is -2.85. The Bertz CT molecular complexity index is 1120. The lowest BCUT2D eigenvalue weighted by Gasteiger charge is -2.37. The third-order valence-corrected chi connectivity index (χ3v) is 7.00. The Balaban J connectivity index is 1.67. The average molecular weight is 537 g/mol. The van der Waals surface area contributed by atoms with Crippen molar-refractivity contribution >= 4 is 28.5 Å². The van der Waals surface area contributed by atoms with Gasteiger partial charge < -0.3 is 15.2 Å². The average Bonchev–Trinajstić information content (AvgIpc) is 2.78. The minimum absolute atomic E-state index is 0.204. The SMILES string of the molecule is N=C(/C(=C\Nc1cnc(C(F)(F)F)nc1)CC(=O)NC1CCC1[S+]([O-])c1ccc(F)cc1)C(F)(F)F. The van der Waals surface area contributed by atoms with E-state index in [0.29, 0.717) is 36.3 Å². The summed E-state index contributed by atoms with van der Waals surface area (Å²) in [5, 5.41) is 11.6. The Morgan fingerprint density at radius 3 is 2.22 bits per heavy atom. The van der Waals surface area contributed by atoms with E-state index in [1.807, 2.05) is 0 Å². The maximum atomic E-state index is 13.1. The summed E-state index contributed by atoms with van der Waals surface area (Å²) in [6.07, 6.45) is -7.89. The number of nitrogens with zero attached hydrogens (tertiary/aromatic N) is 2. The summed E-state index contributed by atoms with van der Waals surface area (Å²) in [5.41, 5.74) is -2.84. The van der Waals surface area contributed by atoms with Crippen LogP contribution in [0.3, 0.4) is 0 Å². The van der Waals surface area contributed by atoms with Crippen LogP contribution in [0.5, 0.6) is 0 Å². The number of amides is 1. The third kappa shape index (κ3) is 6.94. The van der Waals surface area contributed by atoms with Gasteiger partial charge in [0.15, 0.2) is 4.90 Å². The molecule has 1 aliphatic carbocycles. The van der Waals surface area contributed by atoms with Crippen LogP contribution in [0.2, 0.25) is 0 Å². The zero-order valence-corrected chi connectivity index (χ0v) is 18.9. The molecule has 3 unspecified atom stereocenters. The second-order valence-electron chi connectivity index (χ2n) is 7.70. The quantitative estimate of drug-likeness (QED) is 0.263. The third-order valence-electron chi connectivity index (χ3n) is 5.15. The van der Waals surface area contributed by atoms with E-state index in [4.69, 9.17) is 5.41 Å². The van der Waals surface area contributed by atoms with Crippen molar-refractivity contribution in [2.45, 2.75) is 47.8 Å². The van der Waals surface area contributed by atoms with Gasteiger partial charge in [-0.2, -0.15) is 26.3 Å². The molecule has 2 aromatic rings. The maximum Gasteiger partial charge on any atom is 0.451 e. The molecule has 0 radical (unpaired) electrons. The highest BCUT2D eigenvalue weighted by Gasteiger charge is 2.43. The Labute approximate surface area is 202 Å². The molecule has 194 valence electrons. The van der Waals surface area contributed by atoms with Gasteiger partial charge in [0.2, 0.25) is 11.7 Å². The fourth-order valence-corrected chi connectivity index (χ4v) is 4.78.